The maximum atomic E-state index is 13.2. The van der Waals surface area contributed by atoms with Gasteiger partial charge in [-0.15, -0.1) is 12.8 Å². The van der Waals surface area contributed by atoms with Crippen molar-refractivity contribution >= 4 is 17.6 Å². The zero-order valence-corrected chi connectivity index (χ0v) is 21.6. The van der Waals surface area contributed by atoms with Gasteiger partial charge in [-0.05, 0) is 42.8 Å². The summed E-state index contributed by atoms with van der Waals surface area (Å²) < 4.78 is 89.8. The van der Waals surface area contributed by atoms with E-state index in [-0.39, 0.29) is 12.0 Å². The van der Waals surface area contributed by atoms with Crippen LogP contribution in [0, 0.1) is 25.6 Å². The summed E-state index contributed by atoms with van der Waals surface area (Å²) in [6.45, 7) is 2.23. The van der Waals surface area contributed by atoms with Gasteiger partial charge in [0.05, 0.1) is 10.6 Å². The Bertz CT molecular complexity index is 1150. The van der Waals surface area contributed by atoms with Crippen LogP contribution in [-0.4, -0.2) is 29.8 Å². The van der Waals surface area contributed by atoms with Gasteiger partial charge in [0.2, 0.25) is 6.10 Å². The maximum Gasteiger partial charge on any atom is 0.426 e. The van der Waals surface area contributed by atoms with E-state index < -0.39 is 42.4 Å². The third-order valence-corrected chi connectivity index (χ3v) is 4.51. The molecule has 12 heteroatoms. The summed E-state index contributed by atoms with van der Waals surface area (Å²) in [7, 11) is 0. The molecule has 1 unspecified atom stereocenters. The van der Waals surface area contributed by atoms with Gasteiger partial charge in [0.25, 0.3) is 0 Å². The Balaban J connectivity index is 0.000000609. The lowest BCUT2D eigenvalue weighted by Gasteiger charge is -2.17. The molecule has 3 rings (SSSR count). The van der Waals surface area contributed by atoms with Crippen LogP contribution in [0.5, 0.6) is 0 Å². The minimum absolute atomic E-state index is 0.109. The molecule has 0 radical (unpaired) electrons. The van der Waals surface area contributed by atoms with E-state index in [9.17, 15) is 35.5 Å². The van der Waals surface area contributed by atoms with Gasteiger partial charge in [-0.2, -0.15) is 26.3 Å². The second-order valence-electron chi connectivity index (χ2n) is 7.52. The molecule has 0 saturated heterocycles. The van der Waals surface area contributed by atoms with E-state index in [0.29, 0.717) is 16.8 Å². The molecule has 0 spiro atoms. The Hall–Kier alpha value is -3.62. The summed E-state index contributed by atoms with van der Waals surface area (Å²) >= 11 is 5.65. The molecule has 0 aliphatic carbocycles. The Labute approximate surface area is 227 Å². The standard InChI is InChI=1S/C13H8ClF4N.C7H8.C5H8F3NO2.C2H2/c14-10-1-2-12(19-7-10)5-8-3-9(13(16,17)18)6-11(15)4-8;1-7-5-3-2-4-6-7;1-3(10)11-4(2-9)5(6,7)8;1-2/h1-4,6-7H,5H2;2-6H,1H3;4H,2,9H2,1H3;1-2H. The molecule has 0 aliphatic heterocycles. The molecule has 0 saturated carbocycles. The first-order valence-corrected chi connectivity index (χ1v) is 11.3. The molecular formula is C27H26ClF7N2O2. The number of carbonyl (C=O) groups excluding carboxylic acids is 1. The summed E-state index contributed by atoms with van der Waals surface area (Å²) in [4.78, 5) is 14.0. The lowest BCUT2D eigenvalue weighted by atomic mass is 10.1. The van der Waals surface area contributed by atoms with Crippen LogP contribution >= 0.6 is 11.6 Å². The van der Waals surface area contributed by atoms with Gasteiger partial charge in [0.15, 0.2) is 0 Å². The number of rotatable bonds is 4. The van der Waals surface area contributed by atoms with Crippen molar-refractivity contribution in [1.29, 1.82) is 0 Å². The normalized spacial score (nSPS) is 11.3. The fourth-order valence-electron chi connectivity index (χ4n) is 2.62. The zero-order chi connectivity index (χ0) is 30.2. The number of halogens is 8. The third-order valence-electron chi connectivity index (χ3n) is 4.29. The van der Waals surface area contributed by atoms with Crippen LogP contribution in [0.2, 0.25) is 5.02 Å². The van der Waals surface area contributed by atoms with Crippen LogP contribution in [0.4, 0.5) is 30.7 Å². The van der Waals surface area contributed by atoms with E-state index in [0.717, 1.165) is 19.1 Å². The van der Waals surface area contributed by atoms with Crippen molar-refractivity contribution < 1.29 is 40.3 Å². The number of hydrogen-bond acceptors (Lipinski definition) is 4. The first-order chi connectivity index (χ1) is 18.1. The number of benzene rings is 2. The highest BCUT2D eigenvalue weighted by molar-refractivity contribution is 6.30. The van der Waals surface area contributed by atoms with Gasteiger partial charge in [0.1, 0.15) is 5.82 Å². The molecule has 2 N–H and O–H groups in total. The van der Waals surface area contributed by atoms with Gasteiger partial charge in [-0.25, -0.2) is 4.39 Å². The molecular weight excluding hydrogens is 553 g/mol. The summed E-state index contributed by atoms with van der Waals surface area (Å²) in [5, 5.41) is 0.430. The van der Waals surface area contributed by atoms with Crippen LogP contribution in [-0.2, 0) is 22.1 Å². The predicted octanol–water partition coefficient (Wildman–Crippen LogP) is 7.17. The highest BCUT2D eigenvalue weighted by Crippen LogP contribution is 2.31. The summed E-state index contributed by atoms with van der Waals surface area (Å²) in [5.74, 6) is -1.91. The van der Waals surface area contributed by atoms with Gasteiger partial charge in [-0.3, -0.25) is 9.78 Å². The highest BCUT2D eigenvalue weighted by atomic mass is 35.5. The second-order valence-corrected chi connectivity index (χ2v) is 7.96. The first-order valence-electron chi connectivity index (χ1n) is 10.9. The van der Waals surface area contributed by atoms with E-state index >= 15 is 0 Å². The minimum atomic E-state index is -4.57. The molecule has 4 nitrogen and oxygen atoms in total. The number of nitrogens with zero attached hydrogens (tertiary/aromatic N) is 1. The number of esters is 1. The van der Waals surface area contributed by atoms with Gasteiger partial charge >= 0.3 is 18.3 Å². The van der Waals surface area contributed by atoms with E-state index in [4.69, 9.17) is 17.3 Å². The fourth-order valence-corrected chi connectivity index (χ4v) is 2.73. The number of aromatic nitrogens is 1. The van der Waals surface area contributed by atoms with Crippen molar-refractivity contribution in [3.05, 3.63) is 100 Å². The predicted molar refractivity (Wildman–Crippen MR) is 135 cm³/mol. The van der Waals surface area contributed by atoms with Crippen molar-refractivity contribution in [1.82, 2.24) is 4.98 Å². The molecule has 3 aromatic rings. The average molecular weight is 579 g/mol. The Kier molecular flexibility index (Phi) is 15.5. The SMILES string of the molecule is C#C.CC(=O)OC(CN)C(F)(F)F.Cc1ccccc1.Fc1cc(Cc2ccc(Cl)cn2)cc(C(F)(F)F)c1. The molecule has 0 bridgehead atoms. The Morgan fingerprint density at radius 2 is 1.62 bits per heavy atom. The van der Waals surface area contributed by atoms with Gasteiger partial charge in [0, 0.05) is 31.8 Å². The lowest BCUT2D eigenvalue weighted by Crippen LogP contribution is -2.39. The van der Waals surface area contributed by atoms with Crippen molar-refractivity contribution in [3.63, 3.8) is 0 Å². The van der Waals surface area contributed by atoms with E-state index in [1.807, 2.05) is 18.2 Å². The molecule has 39 heavy (non-hydrogen) atoms. The molecule has 1 aromatic heterocycles. The number of pyridine rings is 1. The fraction of sp³-hybridized carbons (Fsp3) is 0.259. The second kappa shape index (κ2) is 17.1. The molecule has 0 amide bonds. The first kappa shape index (κ1) is 35.4. The number of aryl methyl sites for hydroxylation is 1. The van der Waals surface area contributed by atoms with Crippen LogP contribution < -0.4 is 5.73 Å². The molecule has 212 valence electrons. The third kappa shape index (κ3) is 15.4. The number of nitrogens with two attached hydrogens (primary N) is 1. The van der Waals surface area contributed by atoms with Crippen LogP contribution in [0.1, 0.15) is 29.3 Å². The molecule has 1 heterocycles. The number of terminal acetylenes is 1. The summed E-state index contributed by atoms with van der Waals surface area (Å²) in [6.07, 6.45) is -1.82. The van der Waals surface area contributed by atoms with Crippen LogP contribution in [0.25, 0.3) is 0 Å². The van der Waals surface area contributed by atoms with E-state index in [1.54, 1.807) is 12.1 Å². The maximum absolute atomic E-state index is 13.2. The number of carbonyl (C=O) groups is 1. The largest absolute Gasteiger partial charge is 0.451 e. The number of ether oxygens (including phenoxy) is 1. The molecule has 2 aromatic carbocycles. The lowest BCUT2D eigenvalue weighted by molar-refractivity contribution is -0.217. The zero-order valence-electron chi connectivity index (χ0n) is 20.9. The van der Waals surface area contributed by atoms with E-state index in [1.165, 1.54) is 11.8 Å². The minimum Gasteiger partial charge on any atom is -0.451 e. The molecule has 0 aliphatic rings. The number of alkyl halides is 6. The monoisotopic (exact) mass is 578 g/mol. The van der Waals surface area contributed by atoms with E-state index in [2.05, 4.69) is 41.6 Å². The van der Waals surface area contributed by atoms with Crippen molar-refractivity contribution in [2.24, 2.45) is 5.73 Å². The molecule has 0 fully saturated rings. The van der Waals surface area contributed by atoms with Gasteiger partial charge < -0.3 is 10.5 Å². The van der Waals surface area contributed by atoms with Crippen molar-refractivity contribution in [2.75, 3.05) is 6.54 Å². The summed E-state index contributed by atoms with van der Waals surface area (Å²) in [5.41, 5.74) is 5.76. The Morgan fingerprint density at radius 1 is 1.03 bits per heavy atom. The van der Waals surface area contributed by atoms with Crippen LogP contribution in [0.15, 0.2) is 66.9 Å². The highest BCUT2D eigenvalue weighted by Gasteiger charge is 2.41. The van der Waals surface area contributed by atoms with Crippen LogP contribution in [0.3, 0.4) is 0 Å². The smallest absolute Gasteiger partial charge is 0.426 e. The summed E-state index contributed by atoms with van der Waals surface area (Å²) in [6, 6.07) is 15.9. The quantitative estimate of drug-likeness (QED) is 0.203. The topological polar surface area (TPSA) is 65.2 Å². The number of hydrogen-bond donors (Lipinski definition) is 1. The Morgan fingerprint density at radius 3 is 1.97 bits per heavy atom. The van der Waals surface area contributed by atoms with Gasteiger partial charge in [-0.1, -0.05) is 47.5 Å². The molecule has 1 atom stereocenters. The van der Waals surface area contributed by atoms with Crippen molar-refractivity contribution in [2.45, 2.75) is 38.7 Å². The van der Waals surface area contributed by atoms with Crippen molar-refractivity contribution in [3.8, 4) is 12.8 Å². The average Bonchev–Trinajstić information content (AvgIpc) is 2.85.